The summed E-state index contributed by atoms with van der Waals surface area (Å²) in [5.41, 5.74) is 0.756. The summed E-state index contributed by atoms with van der Waals surface area (Å²) >= 11 is 5.36. The maximum Gasteiger partial charge on any atom is 0.171 e. The molecule has 0 saturated carbocycles. The van der Waals surface area contributed by atoms with Crippen molar-refractivity contribution in [3.63, 3.8) is 0 Å². The second-order valence-electron chi connectivity index (χ2n) is 6.25. The molecule has 22 heavy (non-hydrogen) atoms. The van der Waals surface area contributed by atoms with E-state index in [0.717, 1.165) is 5.69 Å². The second kappa shape index (κ2) is 6.87. The molecule has 2 N–H and O–H groups in total. The van der Waals surface area contributed by atoms with E-state index in [1.807, 2.05) is 16.9 Å². The van der Waals surface area contributed by atoms with Gasteiger partial charge >= 0.3 is 0 Å². The molecule has 4 nitrogen and oxygen atoms in total. The molecular weight excluding hydrogens is 299 g/mol. The highest BCUT2D eigenvalue weighted by Gasteiger charge is 2.25. The fourth-order valence-corrected chi connectivity index (χ4v) is 2.25. The van der Waals surface area contributed by atoms with Crippen LogP contribution in [-0.2, 0) is 6.54 Å². The van der Waals surface area contributed by atoms with Crippen LogP contribution in [-0.4, -0.2) is 20.9 Å². The second-order valence-corrected chi connectivity index (χ2v) is 6.66. The topological polar surface area (TPSA) is 41.9 Å². The maximum absolute atomic E-state index is 12.9. The van der Waals surface area contributed by atoms with Crippen molar-refractivity contribution in [2.24, 2.45) is 5.41 Å². The van der Waals surface area contributed by atoms with Crippen LogP contribution in [0, 0.1) is 11.2 Å². The Hall–Kier alpha value is -1.95. The van der Waals surface area contributed by atoms with E-state index in [-0.39, 0.29) is 17.3 Å². The van der Waals surface area contributed by atoms with Crippen LogP contribution in [0.4, 0.5) is 10.1 Å². The van der Waals surface area contributed by atoms with Crippen molar-refractivity contribution in [3.05, 3.63) is 48.5 Å². The van der Waals surface area contributed by atoms with E-state index in [1.54, 1.807) is 18.3 Å². The van der Waals surface area contributed by atoms with Gasteiger partial charge in [0, 0.05) is 18.1 Å². The molecule has 6 heteroatoms. The number of halogens is 1. The van der Waals surface area contributed by atoms with Gasteiger partial charge in [0.05, 0.1) is 12.6 Å². The molecular formula is C16H21FN4S. The average Bonchev–Trinajstić information content (AvgIpc) is 2.92. The molecule has 0 amide bonds. The van der Waals surface area contributed by atoms with Crippen molar-refractivity contribution in [2.75, 3.05) is 5.32 Å². The van der Waals surface area contributed by atoms with E-state index >= 15 is 0 Å². The third-order valence-corrected chi connectivity index (χ3v) is 3.60. The fourth-order valence-electron chi connectivity index (χ4n) is 1.99. The quantitative estimate of drug-likeness (QED) is 0.847. The standard InChI is InChI=1S/C16H21FN4S/c1-16(2,3)14(11-21-10-4-9-18-21)20-15(22)19-13-7-5-12(17)6-8-13/h4-10,14H,11H2,1-3H3,(H2,19,20,22)/t14-/m1/s1. The predicted molar refractivity (Wildman–Crippen MR) is 91.2 cm³/mol. The van der Waals surface area contributed by atoms with Gasteiger partial charge in [-0.15, -0.1) is 0 Å². The minimum Gasteiger partial charge on any atom is -0.357 e. The van der Waals surface area contributed by atoms with Gasteiger partial charge < -0.3 is 10.6 Å². The van der Waals surface area contributed by atoms with Crippen LogP contribution in [0.1, 0.15) is 20.8 Å². The number of aromatic nitrogens is 2. The van der Waals surface area contributed by atoms with Gasteiger partial charge in [-0.25, -0.2) is 4.39 Å². The zero-order valence-electron chi connectivity index (χ0n) is 13.0. The molecule has 2 aromatic rings. The van der Waals surface area contributed by atoms with Gasteiger partial charge in [-0.1, -0.05) is 20.8 Å². The summed E-state index contributed by atoms with van der Waals surface area (Å²) < 4.78 is 14.8. The third kappa shape index (κ3) is 4.80. The lowest BCUT2D eigenvalue weighted by atomic mass is 9.87. The van der Waals surface area contributed by atoms with E-state index in [9.17, 15) is 4.39 Å². The fraction of sp³-hybridized carbons (Fsp3) is 0.375. The molecule has 0 fully saturated rings. The Morgan fingerprint density at radius 1 is 1.32 bits per heavy atom. The van der Waals surface area contributed by atoms with Gasteiger partial charge in [0.25, 0.3) is 0 Å². The Morgan fingerprint density at radius 2 is 2.00 bits per heavy atom. The predicted octanol–water partition coefficient (Wildman–Crippen LogP) is 3.42. The lowest BCUT2D eigenvalue weighted by molar-refractivity contribution is 0.262. The van der Waals surface area contributed by atoms with Crippen molar-refractivity contribution in [2.45, 2.75) is 33.4 Å². The first-order valence-corrected chi connectivity index (χ1v) is 7.56. The minimum atomic E-state index is -0.268. The van der Waals surface area contributed by atoms with Crippen molar-refractivity contribution in [1.29, 1.82) is 0 Å². The normalized spacial score (nSPS) is 12.7. The number of rotatable bonds is 4. The Bertz CT molecular complexity index is 602. The van der Waals surface area contributed by atoms with E-state index in [1.165, 1.54) is 12.1 Å². The van der Waals surface area contributed by atoms with E-state index in [0.29, 0.717) is 11.7 Å². The lowest BCUT2D eigenvalue weighted by Crippen LogP contribution is -2.48. The maximum atomic E-state index is 12.9. The molecule has 0 saturated heterocycles. The van der Waals surface area contributed by atoms with Gasteiger partial charge in [0.2, 0.25) is 0 Å². The number of nitrogens with one attached hydrogen (secondary N) is 2. The summed E-state index contributed by atoms with van der Waals surface area (Å²) in [5.74, 6) is -0.268. The Balaban J connectivity index is 2.00. The average molecular weight is 320 g/mol. The van der Waals surface area contributed by atoms with Gasteiger partial charge in [-0.3, -0.25) is 4.68 Å². The molecule has 0 radical (unpaired) electrons. The molecule has 0 spiro atoms. The Labute approximate surface area is 135 Å². The van der Waals surface area contributed by atoms with Crippen LogP contribution in [0.25, 0.3) is 0 Å². The third-order valence-electron chi connectivity index (χ3n) is 3.38. The first-order chi connectivity index (χ1) is 10.3. The van der Waals surface area contributed by atoms with E-state index in [2.05, 4.69) is 36.5 Å². The van der Waals surface area contributed by atoms with Crippen LogP contribution >= 0.6 is 12.2 Å². The number of hydrogen-bond acceptors (Lipinski definition) is 2. The van der Waals surface area contributed by atoms with Crippen molar-refractivity contribution < 1.29 is 4.39 Å². The molecule has 2 rings (SSSR count). The number of nitrogens with zero attached hydrogens (tertiary/aromatic N) is 2. The van der Waals surface area contributed by atoms with Crippen LogP contribution in [0.3, 0.4) is 0 Å². The van der Waals surface area contributed by atoms with Crippen molar-refractivity contribution >= 4 is 23.0 Å². The molecule has 0 aliphatic carbocycles. The molecule has 0 aliphatic rings. The Morgan fingerprint density at radius 3 is 2.55 bits per heavy atom. The lowest BCUT2D eigenvalue weighted by Gasteiger charge is -2.32. The molecule has 0 bridgehead atoms. The van der Waals surface area contributed by atoms with E-state index < -0.39 is 0 Å². The smallest absolute Gasteiger partial charge is 0.171 e. The van der Waals surface area contributed by atoms with Gasteiger partial charge in [0.15, 0.2) is 5.11 Å². The molecule has 1 aromatic heterocycles. The Kier molecular flexibility index (Phi) is 5.13. The molecule has 1 heterocycles. The molecule has 1 atom stereocenters. The van der Waals surface area contributed by atoms with Crippen molar-refractivity contribution in [3.8, 4) is 0 Å². The van der Waals surface area contributed by atoms with Crippen LogP contribution in [0.2, 0.25) is 0 Å². The number of anilines is 1. The van der Waals surface area contributed by atoms with Gasteiger partial charge in [-0.2, -0.15) is 5.10 Å². The summed E-state index contributed by atoms with van der Waals surface area (Å²) in [7, 11) is 0. The first kappa shape index (κ1) is 16.4. The monoisotopic (exact) mass is 320 g/mol. The molecule has 118 valence electrons. The summed E-state index contributed by atoms with van der Waals surface area (Å²) in [6.07, 6.45) is 3.69. The molecule has 0 aliphatic heterocycles. The SMILES string of the molecule is CC(C)(C)[C@@H](Cn1cccn1)NC(=S)Nc1ccc(F)cc1. The first-order valence-electron chi connectivity index (χ1n) is 7.15. The largest absolute Gasteiger partial charge is 0.357 e. The van der Waals surface area contributed by atoms with Crippen LogP contribution < -0.4 is 10.6 Å². The molecule has 0 unspecified atom stereocenters. The molecule has 1 aromatic carbocycles. The van der Waals surface area contributed by atoms with Crippen molar-refractivity contribution in [1.82, 2.24) is 15.1 Å². The highest BCUT2D eigenvalue weighted by atomic mass is 32.1. The summed E-state index contributed by atoms with van der Waals surface area (Å²) in [6.45, 7) is 7.15. The summed E-state index contributed by atoms with van der Waals surface area (Å²) in [6, 6.07) is 8.11. The summed E-state index contributed by atoms with van der Waals surface area (Å²) in [5, 5.41) is 11.2. The summed E-state index contributed by atoms with van der Waals surface area (Å²) in [4.78, 5) is 0. The number of thiocarbonyl (C=S) groups is 1. The number of hydrogen-bond donors (Lipinski definition) is 2. The van der Waals surface area contributed by atoms with E-state index in [4.69, 9.17) is 12.2 Å². The zero-order valence-corrected chi connectivity index (χ0v) is 13.8. The minimum absolute atomic E-state index is 0.000482. The van der Waals surface area contributed by atoms with Gasteiger partial charge in [0.1, 0.15) is 5.82 Å². The number of benzene rings is 1. The zero-order chi connectivity index (χ0) is 16.2. The highest BCUT2D eigenvalue weighted by molar-refractivity contribution is 7.80. The van der Waals surface area contributed by atoms with Crippen LogP contribution in [0.15, 0.2) is 42.7 Å². The van der Waals surface area contributed by atoms with Crippen LogP contribution in [0.5, 0.6) is 0 Å². The highest BCUT2D eigenvalue weighted by Crippen LogP contribution is 2.21. The van der Waals surface area contributed by atoms with Gasteiger partial charge in [-0.05, 0) is 48.0 Å².